The Balaban J connectivity index is 1.90. The first-order chi connectivity index (χ1) is 8.35. The van der Waals surface area contributed by atoms with Crippen LogP contribution in [-0.2, 0) is 11.3 Å². The fourth-order valence-electron chi connectivity index (χ4n) is 2.30. The van der Waals surface area contributed by atoms with Crippen LogP contribution in [0.4, 0.5) is 0 Å². The minimum absolute atomic E-state index is 0.563. The van der Waals surface area contributed by atoms with E-state index in [4.69, 9.17) is 4.74 Å². The van der Waals surface area contributed by atoms with Crippen LogP contribution in [0.5, 0.6) is 0 Å². The number of rotatable bonds is 8. The first-order valence-electron chi connectivity index (χ1n) is 6.82. The number of nitrogens with zero attached hydrogens (tertiary/aromatic N) is 1. The van der Waals surface area contributed by atoms with E-state index < -0.39 is 0 Å². The third-order valence-electron chi connectivity index (χ3n) is 3.35. The Morgan fingerprint density at radius 1 is 1.47 bits per heavy atom. The molecule has 1 aliphatic rings. The van der Waals surface area contributed by atoms with E-state index in [-0.39, 0.29) is 0 Å². The summed E-state index contributed by atoms with van der Waals surface area (Å²) in [6.45, 7) is 7.83. The van der Waals surface area contributed by atoms with E-state index in [0.717, 1.165) is 32.2 Å². The summed E-state index contributed by atoms with van der Waals surface area (Å²) in [6, 6.07) is 2.81. The van der Waals surface area contributed by atoms with Gasteiger partial charge < -0.3 is 14.6 Å². The molecule has 0 aromatic carbocycles. The molecule has 0 radical (unpaired) electrons. The summed E-state index contributed by atoms with van der Waals surface area (Å²) >= 11 is 0. The van der Waals surface area contributed by atoms with Gasteiger partial charge in [-0.25, -0.2) is 0 Å². The zero-order valence-corrected chi connectivity index (χ0v) is 11.0. The molecular formula is C14H24N2O. The average molecular weight is 236 g/mol. The van der Waals surface area contributed by atoms with Crippen LogP contribution in [0, 0.1) is 5.92 Å². The summed E-state index contributed by atoms with van der Waals surface area (Å²) in [6.07, 6.45) is 7.19. The van der Waals surface area contributed by atoms with E-state index in [0.29, 0.717) is 6.04 Å². The Labute approximate surface area is 104 Å². The number of aromatic nitrogens is 1. The van der Waals surface area contributed by atoms with Crippen LogP contribution in [0.25, 0.3) is 0 Å². The number of nitrogens with one attached hydrogen (secondary N) is 1. The van der Waals surface area contributed by atoms with E-state index >= 15 is 0 Å². The molecule has 1 N–H and O–H groups in total. The van der Waals surface area contributed by atoms with Crippen molar-refractivity contribution in [3.8, 4) is 0 Å². The van der Waals surface area contributed by atoms with Gasteiger partial charge in [0.25, 0.3) is 0 Å². The van der Waals surface area contributed by atoms with Gasteiger partial charge in [0.05, 0.1) is 6.61 Å². The van der Waals surface area contributed by atoms with Gasteiger partial charge in [0.1, 0.15) is 0 Å². The van der Waals surface area contributed by atoms with E-state index in [1.807, 2.05) is 6.92 Å². The topological polar surface area (TPSA) is 26.2 Å². The van der Waals surface area contributed by atoms with Crippen molar-refractivity contribution in [3.05, 3.63) is 24.0 Å². The summed E-state index contributed by atoms with van der Waals surface area (Å²) in [5.74, 6) is 0.859. The second-order valence-electron chi connectivity index (χ2n) is 4.75. The summed E-state index contributed by atoms with van der Waals surface area (Å²) < 4.78 is 7.61. The maximum Gasteiger partial charge on any atom is 0.0645 e. The molecule has 1 fully saturated rings. The molecule has 1 aromatic rings. The zero-order valence-electron chi connectivity index (χ0n) is 11.0. The molecule has 0 saturated heterocycles. The molecule has 96 valence electrons. The minimum Gasteiger partial charge on any atom is -0.380 e. The highest BCUT2D eigenvalue weighted by Gasteiger charge is 2.31. The van der Waals surface area contributed by atoms with Gasteiger partial charge in [-0.05, 0) is 43.9 Å². The first kappa shape index (κ1) is 12.7. The van der Waals surface area contributed by atoms with Crippen molar-refractivity contribution >= 4 is 0 Å². The Hall–Kier alpha value is -0.800. The fraction of sp³-hybridized carbons (Fsp3) is 0.714. The van der Waals surface area contributed by atoms with Crippen molar-refractivity contribution in [1.29, 1.82) is 0 Å². The normalized spacial score (nSPS) is 17.3. The number of ether oxygens (including phenoxy) is 1. The van der Waals surface area contributed by atoms with Crippen molar-refractivity contribution in [1.82, 2.24) is 9.88 Å². The molecule has 2 rings (SSSR count). The SMILES string of the molecule is CCNC(c1ccn(CCOCC)c1)C1CC1. The molecule has 3 heteroatoms. The summed E-state index contributed by atoms with van der Waals surface area (Å²) in [5.41, 5.74) is 1.44. The lowest BCUT2D eigenvalue weighted by Crippen LogP contribution is -2.22. The van der Waals surface area contributed by atoms with Crippen LogP contribution in [-0.4, -0.2) is 24.3 Å². The standard InChI is InChI=1S/C14H24N2O/c1-3-15-14(12-5-6-12)13-7-8-16(11-13)9-10-17-4-2/h7-8,11-12,14-15H,3-6,9-10H2,1-2H3. The van der Waals surface area contributed by atoms with E-state index in [9.17, 15) is 0 Å². The highest BCUT2D eigenvalue weighted by atomic mass is 16.5. The number of hydrogen-bond acceptors (Lipinski definition) is 2. The van der Waals surface area contributed by atoms with Gasteiger partial charge in [0.15, 0.2) is 0 Å². The molecule has 1 saturated carbocycles. The lowest BCUT2D eigenvalue weighted by Gasteiger charge is -2.15. The zero-order chi connectivity index (χ0) is 12.1. The fourth-order valence-corrected chi connectivity index (χ4v) is 2.30. The highest BCUT2D eigenvalue weighted by molar-refractivity contribution is 5.18. The van der Waals surface area contributed by atoms with Gasteiger partial charge >= 0.3 is 0 Å². The Morgan fingerprint density at radius 2 is 2.29 bits per heavy atom. The lowest BCUT2D eigenvalue weighted by molar-refractivity contribution is 0.139. The molecule has 1 heterocycles. The maximum absolute atomic E-state index is 5.38. The molecule has 3 nitrogen and oxygen atoms in total. The Kier molecular flexibility index (Phi) is 4.63. The first-order valence-corrected chi connectivity index (χ1v) is 6.82. The third kappa shape index (κ3) is 3.58. The van der Waals surface area contributed by atoms with Crippen molar-refractivity contribution in [2.45, 2.75) is 39.3 Å². The largest absolute Gasteiger partial charge is 0.380 e. The van der Waals surface area contributed by atoms with Crippen molar-refractivity contribution in [2.24, 2.45) is 5.92 Å². The molecular weight excluding hydrogens is 212 g/mol. The van der Waals surface area contributed by atoms with Crippen LogP contribution in [0.1, 0.15) is 38.3 Å². The number of hydrogen-bond donors (Lipinski definition) is 1. The van der Waals surface area contributed by atoms with Gasteiger partial charge in [0, 0.05) is 31.6 Å². The van der Waals surface area contributed by atoms with Crippen molar-refractivity contribution < 1.29 is 4.74 Å². The molecule has 1 atom stereocenters. The third-order valence-corrected chi connectivity index (χ3v) is 3.35. The second kappa shape index (κ2) is 6.22. The summed E-state index contributed by atoms with van der Waals surface area (Å²) in [7, 11) is 0. The van der Waals surface area contributed by atoms with E-state index in [1.54, 1.807) is 0 Å². The Morgan fingerprint density at radius 3 is 2.94 bits per heavy atom. The Bertz CT molecular complexity index is 331. The monoisotopic (exact) mass is 236 g/mol. The molecule has 17 heavy (non-hydrogen) atoms. The highest BCUT2D eigenvalue weighted by Crippen LogP contribution is 2.40. The van der Waals surface area contributed by atoms with Crippen LogP contribution in [0.2, 0.25) is 0 Å². The quantitative estimate of drug-likeness (QED) is 0.702. The van der Waals surface area contributed by atoms with Gasteiger partial charge in [0.2, 0.25) is 0 Å². The molecule has 0 bridgehead atoms. The average Bonchev–Trinajstić information content (AvgIpc) is 3.06. The van der Waals surface area contributed by atoms with Crippen molar-refractivity contribution in [2.75, 3.05) is 19.8 Å². The smallest absolute Gasteiger partial charge is 0.0645 e. The molecule has 1 aromatic heterocycles. The maximum atomic E-state index is 5.38. The van der Waals surface area contributed by atoms with Crippen molar-refractivity contribution in [3.63, 3.8) is 0 Å². The van der Waals surface area contributed by atoms with Gasteiger partial charge in [-0.3, -0.25) is 0 Å². The summed E-state index contributed by atoms with van der Waals surface area (Å²) in [4.78, 5) is 0. The molecule has 1 aliphatic carbocycles. The van der Waals surface area contributed by atoms with Crippen LogP contribution >= 0.6 is 0 Å². The molecule has 0 spiro atoms. The molecule has 0 amide bonds. The van der Waals surface area contributed by atoms with Gasteiger partial charge in [-0.15, -0.1) is 0 Å². The predicted octanol–water partition coefficient (Wildman–Crippen LogP) is 2.59. The predicted molar refractivity (Wildman–Crippen MR) is 70.1 cm³/mol. The van der Waals surface area contributed by atoms with Crippen LogP contribution in [0.15, 0.2) is 18.5 Å². The molecule has 0 aliphatic heterocycles. The van der Waals surface area contributed by atoms with E-state index in [1.165, 1.54) is 18.4 Å². The van der Waals surface area contributed by atoms with Crippen LogP contribution in [0.3, 0.4) is 0 Å². The summed E-state index contributed by atoms with van der Waals surface area (Å²) in [5, 5.41) is 3.60. The van der Waals surface area contributed by atoms with Crippen LogP contribution < -0.4 is 5.32 Å². The van der Waals surface area contributed by atoms with E-state index in [2.05, 4.69) is 35.3 Å². The van der Waals surface area contributed by atoms with Gasteiger partial charge in [-0.1, -0.05) is 6.92 Å². The molecule has 1 unspecified atom stereocenters. The lowest BCUT2D eigenvalue weighted by atomic mass is 10.1. The van der Waals surface area contributed by atoms with Gasteiger partial charge in [-0.2, -0.15) is 0 Å². The second-order valence-corrected chi connectivity index (χ2v) is 4.75. The minimum atomic E-state index is 0.563.